The number of phenols is 2. The predicted octanol–water partition coefficient (Wildman–Crippen LogP) is 5.68. The van der Waals surface area contributed by atoms with Crippen molar-refractivity contribution in [3.63, 3.8) is 0 Å². The van der Waals surface area contributed by atoms with Crippen molar-refractivity contribution in [1.82, 2.24) is 0 Å². The fraction of sp³-hybridized carbons (Fsp3) is 0.480. The zero-order valence-electron chi connectivity index (χ0n) is 17.9. The standard InChI is InChI=1S/C25H30O5/c1-15(2)20-7-4-16(3)25(13-23(30-24(25)28)18-10-11-29-14-18)21(20)8-5-17-12-19(26)6-9-22(17)27/h6,9-12,14,16,21,23,26-27H,4-5,7-8,13H2,1-3H3/t16-,21+,23+,25-/m1/s1. The van der Waals surface area contributed by atoms with Crippen molar-refractivity contribution in [3.8, 4) is 11.5 Å². The van der Waals surface area contributed by atoms with Crippen molar-refractivity contribution in [2.24, 2.45) is 17.3 Å². The number of carbonyl (C=O) groups excluding carboxylic acids is 1. The number of carbonyl (C=O) groups is 1. The second-order valence-electron chi connectivity index (χ2n) is 9.06. The molecular formula is C25H30O5. The summed E-state index contributed by atoms with van der Waals surface area (Å²) in [7, 11) is 0. The third kappa shape index (κ3) is 3.40. The van der Waals surface area contributed by atoms with Crippen LogP contribution in [-0.2, 0) is 16.0 Å². The lowest BCUT2D eigenvalue weighted by Crippen LogP contribution is -2.45. The molecular weight excluding hydrogens is 380 g/mol. The van der Waals surface area contributed by atoms with Gasteiger partial charge < -0.3 is 19.4 Å². The molecule has 4 atom stereocenters. The van der Waals surface area contributed by atoms with Crippen molar-refractivity contribution in [1.29, 1.82) is 0 Å². The second-order valence-corrected chi connectivity index (χ2v) is 9.06. The molecule has 2 aliphatic rings. The Hall–Kier alpha value is -2.69. The van der Waals surface area contributed by atoms with Crippen LogP contribution in [0, 0.1) is 17.3 Å². The van der Waals surface area contributed by atoms with E-state index in [1.807, 2.05) is 6.07 Å². The highest BCUT2D eigenvalue weighted by Gasteiger charge is 2.59. The Labute approximate surface area is 177 Å². The molecule has 160 valence electrons. The summed E-state index contributed by atoms with van der Waals surface area (Å²) in [5.74, 6) is 0.432. The largest absolute Gasteiger partial charge is 0.508 e. The number of furan rings is 1. The van der Waals surface area contributed by atoms with Crippen molar-refractivity contribution in [2.45, 2.75) is 59.0 Å². The highest BCUT2D eigenvalue weighted by Crippen LogP contribution is 2.59. The lowest BCUT2D eigenvalue weighted by molar-refractivity contribution is -0.154. The molecule has 0 radical (unpaired) electrons. The average molecular weight is 411 g/mol. The van der Waals surface area contributed by atoms with Gasteiger partial charge in [0.25, 0.3) is 0 Å². The minimum Gasteiger partial charge on any atom is -0.508 e. The van der Waals surface area contributed by atoms with Crippen molar-refractivity contribution >= 4 is 5.97 Å². The van der Waals surface area contributed by atoms with Gasteiger partial charge in [-0.2, -0.15) is 0 Å². The van der Waals surface area contributed by atoms with Gasteiger partial charge in [0.1, 0.15) is 17.6 Å². The second kappa shape index (κ2) is 7.86. The van der Waals surface area contributed by atoms with E-state index in [-0.39, 0.29) is 35.4 Å². The van der Waals surface area contributed by atoms with Gasteiger partial charge in [0.15, 0.2) is 0 Å². The van der Waals surface area contributed by atoms with Crippen LogP contribution in [0.2, 0.25) is 0 Å². The highest BCUT2D eigenvalue weighted by atomic mass is 16.6. The number of allylic oxidation sites excluding steroid dienone is 2. The monoisotopic (exact) mass is 410 g/mol. The minimum absolute atomic E-state index is 0.0393. The number of benzene rings is 1. The fourth-order valence-corrected chi connectivity index (χ4v) is 5.56. The maximum absolute atomic E-state index is 13.4. The summed E-state index contributed by atoms with van der Waals surface area (Å²) in [5, 5.41) is 20.1. The quantitative estimate of drug-likeness (QED) is 0.385. The average Bonchev–Trinajstić information content (AvgIpc) is 3.34. The van der Waals surface area contributed by atoms with Crippen LogP contribution in [0.15, 0.2) is 52.4 Å². The van der Waals surface area contributed by atoms with Gasteiger partial charge in [-0.15, -0.1) is 0 Å². The van der Waals surface area contributed by atoms with Crippen LogP contribution in [0.4, 0.5) is 0 Å². The Balaban J connectivity index is 1.70. The van der Waals surface area contributed by atoms with E-state index in [0.29, 0.717) is 18.4 Å². The highest BCUT2D eigenvalue weighted by molar-refractivity contribution is 5.81. The fourth-order valence-electron chi connectivity index (χ4n) is 5.56. The van der Waals surface area contributed by atoms with E-state index in [0.717, 1.165) is 24.8 Å². The van der Waals surface area contributed by atoms with Gasteiger partial charge >= 0.3 is 5.97 Å². The number of rotatable bonds is 4. The van der Waals surface area contributed by atoms with Crippen LogP contribution in [0.5, 0.6) is 11.5 Å². The Morgan fingerprint density at radius 2 is 2.03 bits per heavy atom. The van der Waals surface area contributed by atoms with Gasteiger partial charge in [0.2, 0.25) is 0 Å². The molecule has 1 aromatic heterocycles. The van der Waals surface area contributed by atoms with E-state index >= 15 is 0 Å². The summed E-state index contributed by atoms with van der Waals surface area (Å²) in [6.45, 7) is 6.40. The van der Waals surface area contributed by atoms with Crippen LogP contribution in [-0.4, -0.2) is 16.2 Å². The van der Waals surface area contributed by atoms with E-state index in [1.165, 1.54) is 23.3 Å². The Kier molecular flexibility index (Phi) is 5.39. The van der Waals surface area contributed by atoms with E-state index < -0.39 is 5.41 Å². The molecule has 2 heterocycles. The molecule has 1 spiro atoms. The zero-order valence-corrected chi connectivity index (χ0v) is 17.9. The minimum atomic E-state index is -0.584. The first-order chi connectivity index (χ1) is 14.3. The third-order valence-corrected chi connectivity index (χ3v) is 7.24. The van der Waals surface area contributed by atoms with Crippen molar-refractivity contribution < 1.29 is 24.2 Å². The normalized spacial score (nSPS) is 28.7. The molecule has 5 heteroatoms. The summed E-state index contributed by atoms with van der Waals surface area (Å²) in [6.07, 6.45) is 6.86. The molecule has 30 heavy (non-hydrogen) atoms. The van der Waals surface area contributed by atoms with Crippen LogP contribution in [0.25, 0.3) is 0 Å². The molecule has 0 bridgehead atoms. The summed E-state index contributed by atoms with van der Waals surface area (Å²) >= 11 is 0. The predicted molar refractivity (Wildman–Crippen MR) is 113 cm³/mol. The molecule has 2 N–H and O–H groups in total. The molecule has 0 unspecified atom stereocenters. The van der Waals surface area contributed by atoms with E-state index in [1.54, 1.807) is 18.6 Å². The molecule has 1 saturated carbocycles. The van der Waals surface area contributed by atoms with Crippen LogP contribution >= 0.6 is 0 Å². The molecule has 5 nitrogen and oxygen atoms in total. The van der Waals surface area contributed by atoms with Crippen LogP contribution in [0.1, 0.15) is 63.7 Å². The number of aryl methyl sites for hydroxylation is 1. The first-order valence-electron chi connectivity index (χ1n) is 10.7. The zero-order chi connectivity index (χ0) is 21.5. The van der Waals surface area contributed by atoms with Gasteiger partial charge in [-0.1, -0.05) is 18.1 Å². The first-order valence-corrected chi connectivity index (χ1v) is 10.7. The number of ether oxygens (including phenoxy) is 1. The molecule has 4 rings (SSSR count). The first kappa shape index (κ1) is 20.6. The Morgan fingerprint density at radius 1 is 1.23 bits per heavy atom. The number of hydrogen-bond donors (Lipinski definition) is 2. The summed E-state index contributed by atoms with van der Waals surface area (Å²) in [4.78, 5) is 13.4. The molecule has 0 amide bonds. The van der Waals surface area contributed by atoms with E-state index in [2.05, 4.69) is 20.8 Å². The maximum Gasteiger partial charge on any atom is 0.313 e. The topological polar surface area (TPSA) is 79.9 Å². The number of aromatic hydroxyl groups is 2. The van der Waals surface area contributed by atoms with Gasteiger partial charge in [0.05, 0.1) is 17.9 Å². The molecule has 1 aliphatic carbocycles. The molecule has 1 aliphatic heterocycles. The summed E-state index contributed by atoms with van der Waals surface area (Å²) in [5.41, 5.74) is 3.61. The molecule has 2 fully saturated rings. The number of hydrogen-bond acceptors (Lipinski definition) is 5. The van der Waals surface area contributed by atoms with Crippen LogP contribution < -0.4 is 0 Å². The lowest BCUT2D eigenvalue weighted by Gasteiger charge is -2.45. The van der Waals surface area contributed by atoms with Gasteiger partial charge in [0, 0.05) is 12.0 Å². The van der Waals surface area contributed by atoms with E-state index in [4.69, 9.17) is 9.15 Å². The molecule has 1 saturated heterocycles. The maximum atomic E-state index is 13.4. The Bertz CT molecular complexity index is 954. The third-order valence-electron chi connectivity index (χ3n) is 7.24. The lowest BCUT2D eigenvalue weighted by atomic mass is 9.55. The van der Waals surface area contributed by atoms with Crippen molar-refractivity contribution in [3.05, 3.63) is 59.1 Å². The van der Waals surface area contributed by atoms with Gasteiger partial charge in [-0.25, -0.2) is 0 Å². The smallest absolute Gasteiger partial charge is 0.313 e. The Morgan fingerprint density at radius 3 is 2.73 bits per heavy atom. The molecule has 2 aromatic rings. The van der Waals surface area contributed by atoms with Gasteiger partial charge in [-0.05, 0) is 81.2 Å². The molecule has 1 aromatic carbocycles. The number of phenolic OH excluding ortho intramolecular Hbond substituents is 2. The van der Waals surface area contributed by atoms with Gasteiger partial charge in [-0.3, -0.25) is 4.79 Å². The van der Waals surface area contributed by atoms with Crippen LogP contribution in [0.3, 0.4) is 0 Å². The number of esters is 1. The van der Waals surface area contributed by atoms with Crippen molar-refractivity contribution in [2.75, 3.05) is 0 Å². The summed E-state index contributed by atoms with van der Waals surface area (Å²) < 4.78 is 11.1. The summed E-state index contributed by atoms with van der Waals surface area (Å²) in [6, 6.07) is 6.47. The SMILES string of the molecule is CC(C)=C1CC[C@@H](C)[C@]2(C[C@@H](c3ccoc3)OC2=O)[C@H]1CCc1cc(O)ccc1O. The number of cyclic esters (lactones) is 1. The van der Waals surface area contributed by atoms with E-state index in [9.17, 15) is 15.0 Å².